The fourth-order valence-corrected chi connectivity index (χ4v) is 6.30. The molecule has 0 radical (unpaired) electrons. The molecule has 2 saturated carbocycles. The van der Waals surface area contributed by atoms with Crippen molar-refractivity contribution in [2.24, 2.45) is 29.6 Å². The molecule has 8 heteroatoms. The molecule has 0 unspecified atom stereocenters. The fraction of sp³-hybridized carbons (Fsp3) is 0.600. The Kier molecular flexibility index (Phi) is 8.29. The normalized spacial score (nSPS) is 30.7. The van der Waals surface area contributed by atoms with Gasteiger partial charge in [-0.3, -0.25) is 0 Å². The Labute approximate surface area is 220 Å². The van der Waals surface area contributed by atoms with Crippen LogP contribution in [0.5, 0.6) is 5.75 Å². The summed E-state index contributed by atoms with van der Waals surface area (Å²) >= 11 is 0. The smallest absolute Gasteiger partial charge is 0.400 e. The second kappa shape index (κ2) is 11.5. The molecule has 208 valence electrons. The predicted molar refractivity (Wildman–Crippen MR) is 133 cm³/mol. The fourth-order valence-electron chi connectivity index (χ4n) is 6.30. The van der Waals surface area contributed by atoms with Gasteiger partial charge < -0.3 is 14.2 Å². The lowest BCUT2D eigenvalue weighted by atomic mass is 9.76. The number of hydrogen-bond acceptors (Lipinski definition) is 3. The van der Waals surface area contributed by atoms with E-state index in [-0.39, 0.29) is 30.6 Å². The zero-order valence-electron chi connectivity index (χ0n) is 21.6. The van der Waals surface area contributed by atoms with Crippen LogP contribution in [-0.2, 0) is 9.47 Å². The van der Waals surface area contributed by atoms with Crippen LogP contribution in [0.4, 0.5) is 22.0 Å². The van der Waals surface area contributed by atoms with Crippen molar-refractivity contribution in [2.75, 3.05) is 13.2 Å². The van der Waals surface area contributed by atoms with Gasteiger partial charge in [0, 0.05) is 24.0 Å². The van der Waals surface area contributed by atoms with Gasteiger partial charge in [-0.25, -0.2) is 13.2 Å². The van der Waals surface area contributed by atoms with Gasteiger partial charge in [0.1, 0.15) is 23.2 Å². The Hall–Kier alpha value is -2.19. The highest BCUT2D eigenvalue weighted by molar-refractivity contribution is 5.65. The lowest BCUT2D eigenvalue weighted by Gasteiger charge is -2.41. The number of alkyl halides is 2. The highest BCUT2D eigenvalue weighted by Crippen LogP contribution is 2.43. The molecule has 2 aromatic carbocycles. The summed E-state index contributed by atoms with van der Waals surface area (Å²) in [6.07, 6.45) is 2.39. The van der Waals surface area contributed by atoms with Crippen molar-refractivity contribution in [2.45, 2.75) is 70.7 Å². The van der Waals surface area contributed by atoms with Crippen molar-refractivity contribution in [3.05, 3.63) is 53.8 Å². The van der Waals surface area contributed by atoms with Crippen molar-refractivity contribution in [3.63, 3.8) is 0 Å². The third kappa shape index (κ3) is 6.17. The van der Waals surface area contributed by atoms with Gasteiger partial charge in [0.15, 0.2) is 6.29 Å². The Morgan fingerprint density at radius 2 is 1.29 bits per heavy atom. The van der Waals surface area contributed by atoms with Crippen LogP contribution >= 0.6 is 0 Å². The van der Waals surface area contributed by atoms with E-state index in [2.05, 4.69) is 6.92 Å². The van der Waals surface area contributed by atoms with Crippen LogP contribution in [0.15, 0.2) is 36.4 Å². The summed E-state index contributed by atoms with van der Waals surface area (Å²) in [5, 5.41) is 0. The first kappa shape index (κ1) is 27.4. The van der Waals surface area contributed by atoms with Crippen LogP contribution in [-0.4, -0.2) is 25.6 Å². The van der Waals surface area contributed by atoms with Crippen molar-refractivity contribution >= 4 is 0 Å². The maximum atomic E-state index is 15.0. The molecule has 2 aliphatic carbocycles. The van der Waals surface area contributed by atoms with E-state index in [1.54, 1.807) is 0 Å². The summed E-state index contributed by atoms with van der Waals surface area (Å²) in [6.45, 7) is 3.62. The highest BCUT2D eigenvalue weighted by atomic mass is 19.3. The minimum Gasteiger partial charge on any atom is -0.432 e. The summed E-state index contributed by atoms with van der Waals surface area (Å²) in [5.41, 5.74) is -0.321. The molecule has 1 heterocycles. The molecule has 0 N–H and O–H groups in total. The Bertz CT molecular complexity index is 1040. The molecule has 5 rings (SSSR count). The van der Waals surface area contributed by atoms with E-state index in [9.17, 15) is 13.2 Å². The van der Waals surface area contributed by atoms with Crippen molar-refractivity contribution < 1.29 is 36.2 Å². The van der Waals surface area contributed by atoms with Crippen LogP contribution in [0, 0.1) is 47.0 Å². The van der Waals surface area contributed by atoms with E-state index in [0.29, 0.717) is 37.9 Å². The maximum absolute atomic E-state index is 15.0. The minimum absolute atomic E-state index is 0.0410. The van der Waals surface area contributed by atoms with Crippen LogP contribution in [0.1, 0.15) is 58.3 Å². The molecule has 0 amide bonds. The lowest BCUT2D eigenvalue weighted by molar-refractivity contribution is -0.251. The van der Waals surface area contributed by atoms with Crippen LogP contribution < -0.4 is 4.74 Å². The minimum atomic E-state index is -3.58. The topological polar surface area (TPSA) is 27.7 Å². The first-order chi connectivity index (χ1) is 18.2. The number of halogens is 5. The quantitative estimate of drug-likeness (QED) is 0.346. The molecule has 38 heavy (non-hydrogen) atoms. The Morgan fingerprint density at radius 3 is 1.87 bits per heavy atom. The molecular formula is C30H35F5O3. The molecule has 2 aromatic rings. The summed E-state index contributed by atoms with van der Waals surface area (Å²) in [5.74, 6) is -2.45. The number of rotatable bonds is 6. The van der Waals surface area contributed by atoms with Gasteiger partial charge in [0.25, 0.3) is 0 Å². The summed E-state index contributed by atoms with van der Waals surface area (Å²) in [6, 6.07) is 6.08. The highest BCUT2D eigenvalue weighted by Gasteiger charge is 2.46. The second-order valence-electron chi connectivity index (χ2n) is 11.4. The van der Waals surface area contributed by atoms with Crippen LogP contribution in [0.25, 0.3) is 11.1 Å². The summed E-state index contributed by atoms with van der Waals surface area (Å²) in [7, 11) is 0. The average Bonchev–Trinajstić information content (AvgIpc) is 2.90. The van der Waals surface area contributed by atoms with Gasteiger partial charge in [-0.2, -0.15) is 8.78 Å². The standard InChI is InChI=1S/C30H35F5O3/c1-18-2-4-19(5-3-18)22-16-36-29(37-17-22)21-6-10-23(11-7-21)30(34,35)38-25-14-26(32)28(27(33)15-25)20-8-12-24(31)13-9-20/h8-9,12-15,18-19,21-23,29H,2-7,10-11,16-17H2,1H3. The molecule has 3 fully saturated rings. The number of benzene rings is 2. The van der Waals surface area contributed by atoms with Crippen molar-refractivity contribution in [1.82, 2.24) is 0 Å². The van der Waals surface area contributed by atoms with Gasteiger partial charge >= 0.3 is 6.11 Å². The van der Waals surface area contributed by atoms with E-state index in [1.165, 1.54) is 37.8 Å². The molecule has 0 atom stereocenters. The Morgan fingerprint density at radius 1 is 0.737 bits per heavy atom. The molecular weight excluding hydrogens is 503 g/mol. The third-order valence-electron chi connectivity index (χ3n) is 8.71. The molecule has 0 aromatic heterocycles. The van der Waals surface area contributed by atoms with Gasteiger partial charge in [0.05, 0.1) is 24.7 Å². The molecule has 1 saturated heterocycles. The van der Waals surface area contributed by atoms with E-state index < -0.39 is 40.8 Å². The van der Waals surface area contributed by atoms with Gasteiger partial charge in [-0.05, 0) is 68.1 Å². The second-order valence-corrected chi connectivity index (χ2v) is 11.4. The Balaban J connectivity index is 1.13. The van der Waals surface area contributed by atoms with E-state index in [4.69, 9.17) is 14.2 Å². The monoisotopic (exact) mass is 538 g/mol. The van der Waals surface area contributed by atoms with Crippen molar-refractivity contribution in [3.8, 4) is 16.9 Å². The zero-order chi connectivity index (χ0) is 26.9. The van der Waals surface area contributed by atoms with E-state index >= 15 is 8.78 Å². The van der Waals surface area contributed by atoms with Gasteiger partial charge in [0.2, 0.25) is 0 Å². The molecule has 3 nitrogen and oxygen atoms in total. The lowest BCUT2D eigenvalue weighted by Crippen LogP contribution is -2.43. The zero-order valence-corrected chi connectivity index (χ0v) is 21.6. The van der Waals surface area contributed by atoms with Crippen LogP contribution in [0.2, 0.25) is 0 Å². The van der Waals surface area contributed by atoms with Gasteiger partial charge in [-0.1, -0.05) is 31.9 Å². The molecule has 0 spiro atoms. The number of hydrogen-bond donors (Lipinski definition) is 0. The summed E-state index contributed by atoms with van der Waals surface area (Å²) in [4.78, 5) is 0. The first-order valence-corrected chi connectivity index (χ1v) is 13.7. The first-order valence-electron chi connectivity index (χ1n) is 13.7. The van der Waals surface area contributed by atoms with Crippen molar-refractivity contribution in [1.29, 1.82) is 0 Å². The third-order valence-corrected chi connectivity index (χ3v) is 8.71. The largest absolute Gasteiger partial charge is 0.432 e. The number of ether oxygens (including phenoxy) is 3. The van der Waals surface area contributed by atoms with Crippen LogP contribution in [0.3, 0.4) is 0 Å². The molecule has 0 bridgehead atoms. The molecule has 1 aliphatic heterocycles. The summed E-state index contributed by atoms with van der Waals surface area (Å²) < 4.78 is 89.4. The van der Waals surface area contributed by atoms with E-state index in [0.717, 1.165) is 30.2 Å². The molecule has 3 aliphatic rings. The SMILES string of the molecule is CC1CCC(C2COC(C3CCC(C(F)(F)Oc4cc(F)c(-c5ccc(F)cc5)c(F)c4)CC3)OC2)CC1. The maximum Gasteiger partial charge on any atom is 0.400 e. The average molecular weight is 539 g/mol. The van der Waals surface area contributed by atoms with Gasteiger partial charge in [-0.15, -0.1) is 0 Å². The van der Waals surface area contributed by atoms with E-state index in [1.807, 2.05) is 0 Å². The predicted octanol–water partition coefficient (Wildman–Crippen LogP) is 8.36.